The zero-order valence-corrected chi connectivity index (χ0v) is 12.2. The van der Waals surface area contributed by atoms with Crippen LogP contribution < -0.4 is 11.1 Å². The molecule has 0 amide bonds. The van der Waals surface area contributed by atoms with Gasteiger partial charge in [0.05, 0.1) is 5.02 Å². The number of halogens is 1. The Morgan fingerprint density at radius 1 is 1.30 bits per heavy atom. The minimum atomic E-state index is 0.175. The molecular weight excluding hydrogens is 270 g/mol. The second-order valence-electron chi connectivity index (χ2n) is 5.33. The highest BCUT2D eigenvalue weighted by atomic mass is 35.5. The lowest BCUT2D eigenvalue weighted by molar-refractivity contribution is 0.397. The van der Waals surface area contributed by atoms with Crippen LogP contribution in [-0.4, -0.2) is 12.0 Å². The van der Waals surface area contributed by atoms with E-state index in [0.717, 1.165) is 18.4 Å². The Bertz CT molecular complexity index is 602. The fourth-order valence-electron chi connectivity index (χ4n) is 3.19. The van der Waals surface area contributed by atoms with Gasteiger partial charge in [-0.25, -0.2) is 4.98 Å². The number of pyridine rings is 1. The summed E-state index contributed by atoms with van der Waals surface area (Å²) in [6, 6.07) is 10.7. The maximum absolute atomic E-state index is 6.07. The molecule has 20 heavy (non-hydrogen) atoms. The Labute approximate surface area is 124 Å². The van der Waals surface area contributed by atoms with Crippen molar-refractivity contribution in [2.24, 2.45) is 5.92 Å². The third-order valence-corrected chi connectivity index (χ3v) is 4.32. The van der Waals surface area contributed by atoms with Crippen molar-refractivity contribution in [1.29, 1.82) is 0 Å². The molecule has 1 aliphatic carbocycles. The Kier molecular flexibility index (Phi) is 3.64. The summed E-state index contributed by atoms with van der Waals surface area (Å²) in [5, 5.41) is 4.01. The van der Waals surface area contributed by atoms with E-state index in [-0.39, 0.29) is 6.04 Å². The molecule has 4 heteroatoms. The van der Waals surface area contributed by atoms with Gasteiger partial charge in [0.15, 0.2) is 0 Å². The summed E-state index contributed by atoms with van der Waals surface area (Å²) in [5.74, 6) is 1.05. The van der Waals surface area contributed by atoms with Crippen LogP contribution in [0.1, 0.15) is 22.7 Å². The first-order chi connectivity index (χ1) is 9.69. The molecule has 1 aromatic carbocycles. The molecule has 1 aromatic heterocycles. The van der Waals surface area contributed by atoms with Crippen molar-refractivity contribution in [1.82, 2.24) is 10.3 Å². The van der Waals surface area contributed by atoms with Crippen LogP contribution in [-0.2, 0) is 12.8 Å². The van der Waals surface area contributed by atoms with Gasteiger partial charge in [-0.3, -0.25) is 0 Å². The van der Waals surface area contributed by atoms with Gasteiger partial charge in [0.1, 0.15) is 5.82 Å². The molecule has 104 valence electrons. The van der Waals surface area contributed by atoms with E-state index in [0.29, 0.717) is 16.8 Å². The third-order valence-electron chi connectivity index (χ3n) is 4.12. The lowest BCUT2D eigenvalue weighted by Gasteiger charge is -2.24. The topological polar surface area (TPSA) is 50.9 Å². The van der Waals surface area contributed by atoms with Gasteiger partial charge in [0, 0.05) is 17.8 Å². The second-order valence-corrected chi connectivity index (χ2v) is 5.77. The number of rotatable bonds is 3. The van der Waals surface area contributed by atoms with E-state index in [9.17, 15) is 0 Å². The van der Waals surface area contributed by atoms with Crippen molar-refractivity contribution in [3.8, 4) is 0 Å². The van der Waals surface area contributed by atoms with Crippen molar-refractivity contribution in [3.63, 3.8) is 0 Å². The molecule has 1 unspecified atom stereocenters. The maximum atomic E-state index is 6.07. The maximum Gasteiger partial charge on any atom is 0.128 e. The van der Waals surface area contributed by atoms with E-state index in [4.69, 9.17) is 17.3 Å². The molecule has 1 aliphatic rings. The van der Waals surface area contributed by atoms with Crippen LogP contribution in [0, 0.1) is 5.92 Å². The van der Waals surface area contributed by atoms with Crippen LogP contribution >= 0.6 is 11.6 Å². The first-order valence-corrected chi connectivity index (χ1v) is 7.22. The zero-order valence-electron chi connectivity index (χ0n) is 11.4. The lowest BCUT2D eigenvalue weighted by Crippen LogP contribution is -2.27. The summed E-state index contributed by atoms with van der Waals surface area (Å²) in [6.07, 6.45) is 3.72. The highest BCUT2D eigenvalue weighted by Crippen LogP contribution is 2.37. The summed E-state index contributed by atoms with van der Waals surface area (Å²) in [6.45, 7) is 0. The van der Waals surface area contributed by atoms with Crippen molar-refractivity contribution < 1.29 is 0 Å². The molecule has 0 radical (unpaired) electrons. The van der Waals surface area contributed by atoms with E-state index >= 15 is 0 Å². The molecule has 0 saturated heterocycles. The fraction of sp³-hybridized carbons (Fsp3) is 0.312. The number of hydrogen-bond acceptors (Lipinski definition) is 3. The average molecular weight is 288 g/mol. The van der Waals surface area contributed by atoms with Crippen LogP contribution in [0.3, 0.4) is 0 Å². The lowest BCUT2D eigenvalue weighted by atomic mass is 9.91. The zero-order chi connectivity index (χ0) is 14.1. The number of benzene rings is 1. The van der Waals surface area contributed by atoms with Gasteiger partial charge in [-0.1, -0.05) is 35.9 Å². The molecular formula is C16H18ClN3. The van der Waals surface area contributed by atoms with E-state index in [2.05, 4.69) is 34.6 Å². The van der Waals surface area contributed by atoms with Gasteiger partial charge in [-0.2, -0.15) is 0 Å². The summed E-state index contributed by atoms with van der Waals surface area (Å²) >= 11 is 6.07. The molecule has 0 spiro atoms. The summed E-state index contributed by atoms with van der Waals surface area (Å²) in [4.78, 5) is 4.17. The quantitative estimate of drug-likeness (QED) is 0.912. The summed E-state index contributed by atoms with van der Waals surface area (Å²) < 4.78 is 0. The standard InChI is InChI=1S/C16H18ClN3/c1-19-15(14-8-13(17)9-20-16(14)18)12-6-10-4-2-3-5-11(10)7-12/h2-5,8-9,12,15,19H,6-7H2,1H3,(H2,18,20). The largest absolute Gasteiger partial charge is 0.383 e. The molecule has 0 bridgehead atoms. The van der Waals surface area contributed by atoms with Gasteiger partial charge >= 0.3 is 0 Å². The second kappa shape index (κ2) is 5.43. The highest BCUT2D eigenvalue weighted by molar-refractivity contribution is 6.30. The van der Waals surface area contributed by atoms with E-state index in [1.54, 1.807) is 6.20 Å². The predicted molar refractivity (Wildman–Crippen MR) is 82.8 cm³/mol. The molecule has 0 saturated carbocycles. The number of hydrogen-bond donors (Lipinski definition) is 2. The first-order valence-electron chi connectivity index (χ1n) is 6.84. The predicted octanol–water partition coefficient (Wildman–Crippen LogP) is 2.99. The Balaban J connectivity index is 1.91. The number of nitrogens with one attached hydrogen (secondary N) is 1. The summed E-state index contributed by atoms with van der Waals surface area (Å²) in [5.41, 5.74) is 9.90. The number of anilines is 1. The van der Waals surface area contributed by atoms with Gasteiger partial charge in [-0.15, -0.1) is 0 Å². The number of aromatic nitrogens is 1. The molecule has 1 atom stereocenters. The Hall–Kier alpha value is -1.58. The molecule has 3 rings (SSSR count). The van der Waals surface area contributed by atoms with Crippen LogP contribution in [0.5, 0.6) is 0 Å². The van der Waals surface area contributed by atoms with Gasteiger partial charge < -0.3 is 11.1 Å². The third kappa shape index (κ3) is 2.39. The van der Waals surface area contributed by atoms with Crippen LogP contribution in [0.4, 0.5) is 5.82 Å². The number of fused-ring (bicyclic) bond motifs is 1. The molecule has 3 nitrogen and oxygen atoms in total. The van der Waals surface area contributed by atoms with Gasteiger partial charge in [0.25, 0.3) is 0 Å². The van der Waals surface area contributed by atoms with Crippen LogP contribution in [0.15, 0.2) is 36.5 Å². The average Bonchev–Trinajstić information content (AvgIpc) is 2.87. The van der Waals surface area contributed by atoms with Gasteiger partial charge in [0.2, 0.25) is 0 Å². The fourth-order valence-corrected chi connectivity index (χ4v) is 3.35. The Morgan fingerprint density at radius 3 is 2.55 bits per heavy atom. The summed E-state index contributed by atoms with van der Waals surface area (Å²) in [7, 11) is 1.97. The van der Waals surface area contributed by atoms with E-state index in [1.165, 1.54) is 11.1 Å². The van der Waals surface area contributed by atoms with Crippen LogP contribution in [0.25, 0.3) is 0 Å². The smallest absolute Gasteiger partial charge is 0.128 e. The van der Waals surface area contributed by atoms with Gasteiger partial charge in [-0.05, 0) is 43.0 Å². The molecule has 2 aromatic rings. The van der Waals surface area contributed by atoms with E-state index in [1.807, 2.05) is 13.1 Å². The first kappa shape index (κ1) is 13.4. The highest BCUT2D eigenvalue weighted by Gasteiger charge is 2.30. The number of nitrogens with zero attached hydrogens (tertiary/aromatic N) is 1. The number of nitrogens with two attached hydrogens (primary N) is 1. The monoisotopic (exact) mass is 287 g/mol. The van der Waals surface area contributed by atoms with Crippen molar-refractivity contribution in [2.75, 3.05) is 12.8 Å². The molecule has 0 aliphatic heterocycles. The van der Waals surface area contributed by atoms with Crippen molar-refractivity contribution in [3.05, 3.63) is 58.2 Å². The minimum absolute atomic E-state index is 0.175. The SMILES string of the molecule is CNC(c1cc(Cl)cnc1N)C1Cc2ccccc2C1. The molecule has 1 heterocycles. The molecule has 0 fully saturated rings. The van der Waals surface area contributed by atoms with Crippen molar-refractivity contribution >= 4 is 17.4 Å². The Morgan fingerprint density at radius 2 is 1.95 bits per heavy atom. The minimum Gasteiger partial charge on any atom is -0.383 e. The van der Waals surface area contributed by atoms with E-state index < -0.39 is 0 Å². The molecule has 3 N–H and O–H groups in total. The normalized spacial score (nSPS) is 16.1. The van der Waals surface area contributed by atoms with Crippen molar-refractivity contribution in [2.45, 2.75) is 18.9 Å². The van der Waals surface area contributed by atoms with Crippen LogP contribution in [0.2, 0.25) is 5.02 Å². The number of nitrogen functional groups attached to an aromatic ring is 1.